The minimum atomic E-state index is -2.11. The molecule has 2 unspecified atom stereocenters. The number of primary amides is 2. The van der Waals surface area contributed by atoms with Crippen molar-refractivity contribution in [1.29, 1.82) is 0 Å². The van der Waals surface area contributed by atoms with Crippen molar-refractivity contribution < 1.29 is 38.6 Å². The largest absolute Gasteiger partial charge is 0.465 e. The quantitative estimate of drug-likeness (QED) is 0.300. The Labute approximate surface area is 217 Å². The normalized spacial score (nSPS) is 12.9. The Bertz CT molecular complexity index is 1390. The lowest BCUT2D eigenvalue weighted by Gasteiger charge is -2.40. The van der Waals surface area contributed by atoms with E-state index in [4.69, 9.17) is 26.0 Å². The third kappa shape index (κ3) is 5.78. The maximum atomic E-state index is 12.9. The number of Topliss-reactive ketones (excluding diaryl/α,β-unsaturated/α-hetero) is 2. The lowest BCUT2D eigenvalue weighted by atomic mass is 9.75. The van der Waals surface area contributed by atoms with Gasteiger partial charge in [0.15, 0.2) is 17.7 Å². The van der Waals surface area contributed by atoms with Crippen LogP contribution in [0.5, 0.6) is 0 Å². The number of hydrogen-bond acceptors (Lipinski definition) is 7. The van der Waals surface area contributed by atoms with E-state index in [0.717, 1.165) is 0 Å². The van der Waals surface area contributed by atoms with E-state index in [1.54, 1.807) is 30.3 Å². The fourth-order valence-corrected chi connectivity index (χ4v) is 4.22. The Morgan fingerprint density at radius 3 is 1.97 bits per heavy atom. The van der Waals surface area contributed by atoms with Crippen LogP contribution in [0.4, 0.5) is 20.1 Å². The Balaban J connectivity index is 2.49. The van der Waals surface area contributed by atoms with Gasteiger partial charge in [-0.25, -0.2) is 14.4 Å². The Hall–Kier alpha value is -5.19. The van der Waals surface area contributed by atoms with Gasteiger partial charge in [0.05, 0.1) is 0 Å². The number of rotatable bonds is 9. The summed E-state index contributed by atoms with van der Waals surface area (Å²) in [7, 11) is 0. The summed E-state index contributed by atoms with van der Waals surface area (Å²) < 4.78 is 11.3. The average Bonchev–Trinajstić information content (AvgIpc) is 2.86. The summed E-state index contributed by atoms with van der Waals surface area (Å²) in [6, 6.07) is 18.0. The number of anilines is 1. The maximum Gasteiger partial charge on any atom is 0.409 e. The lowest BCUT2D eigenvalue weighted by Crippen LogP contribution is -2.45. The van der Waals surface area contributed by atoms with Crippen molar-refractivity contribution in [2.75, 3.05) is 5.32 Å². The standard InChI is InChI=1S/C27H25N3O8/c1-15(31)17-8-10-19(11-9-17)27(38-25(29)34,23(37-24(28)33)18-6-4-3-5-7-18)22-13-12-20(30-26(35)36)14-21(22)16(2)32/h3-14,23,30H,1-2H3,(H2,28,33)(H2,29,34)(H,35,36). The zero-order valence-corrected chi connectivity index (χ0v) is 20.5. The van der Waals surface area contributed by atoms with Crippen molar-refractivity contribution in [3.8, 4) is 0 Å². The van der Waals surface area contributed by atoms with E-state index in [-0.39, 0.29) is 28.2 Å². The second-order valence-electron chi connectivity index (χ2n) is 8.26. The first kappa shape index (κ1) is 27.4. The molecule has 11 heteroatoms. The van der Waals surface area contributed by atoms with Crippen LogP contribution >= 0.6 is 0 Å². The summed E-state index contributed by atoms with van der Waals surface area (Å²) in [6.07, 6.45) is -5.35. The van der Waals surface area contributed by atoms with E-state index in [2.05, 4.69) is 5.32 Å². The fourth-order valence-electron chi connectivity index (χ4n) is 4.22. The second-order valence-corrected chi connectivity index (χ2v) is 8.26. The van der Waals surface area contributed by atoms with Gasteiger partial charge in [0.2, 0.25) is 5.60 Å². The van der Waals surface area contributed by atoms with Crippen LogP contribution in [0.1, 0.15) is 57.4 Å². The van der Waals surface area contributed by atoms with E-state index < -0.39 is 35.8 Å². The topological polar surface area (TPSA) is 188 Å². The van der Waals surface area contributed by atoms with Gasteiger partial charge in [0.25, 0.3) is 0 Å². The molecule has 3 amide bonds. The number of ether oxygens (including phenoxy) is 2. The molecule has 196 valence electrons. The molecule has 3 aromatic rings. The summed E-state index contributed by atoms with van der Waals surface area (Å²) in [5, 5.41) is 11.3. The molecule has 3 aromatic carbocycles. The molecule has 3 rings (SSSR count). The first-order valence-corrected chi connectivity index (χ1v) is 11.2. The highest BCUT2D eigenvalue weighted by atomic mass is 16.6. The number of benzene rings is 3. The van der Waals surface area contributed by atoms with Crippen LogP contribution in [0.25, 0.3) is 0 Å². The van der Waals surface area contributed by atoms with Gasteiger partial charge in [-0.15, -0.1) is 0 Å². The van der Waals surface area contributed by atoms with Crippen molar-refractivity contribution in [1.82, 2.24) is 0 Å². The molecule has 0 aliphatic rings. The van der Waals surface area contributed by atoms with Gasteiger partial charge in [-0.3, -0.25) is 14.9 Å². The van der Waals surface area contributed by atoms with E-state index in [1.165, 1.54) is 56.3 Å². The summed E-state index contributed by atoms with van der Waals surface area (Å²) >= 11 is 0. The lowest BCUT2D eigenvalue weighted by molar-refractivity contribution is -0.0632. The zero-order valence-electron chi connectivity index (χ0n) is 20.5. The predicted molar refractivity (Wildman–Crippen MR) is 136 cm³/mol. The zero-order chi connectivity index (χ0) is 28.0. The van der Waals surface area contributed by atoms with Crippen LogP contribution in [-0.4, -0.2) is 35.0 Å². The van der Waals surface area contributed by atoms with Crippen LogP contribution in [0.2, 0.25) is 0 Å². The molecule has 0 aromatic heterocycles. The number of amides is 3. The summed E-state index contributed by atoms with van der Waals surface area (Å²) in [5.74, 6) is -0.766. The molecule has 0 aliphatic carbocycles. The highest BCUT2D eigenvalue weighted by molar-refractivity contribution is 5.98. The highest BCUT2D eigenvalue weighted by Crippen LogP contribution is 2.48. The molecule has 0 spiro atoms. The number of nitrogens with one attached hydrogen (secondary N) is 1. The molecule has 38 heavy (non-hydrogen) atoms. The van der Waals surface area contributed by atoms with Gasteiger partial charge in [-0.05, 0) is 31.5 Å². The number of carbonyl (C=O) groups excluding carboxylic acids is 4. The summed E-state index contributed by atoms with van der Waals surface area (Å²) in [5.41, 5.74) is 9.71. The monoisotopic (exact) mass is 519 g/mol. The molecule has 0 heterocycles. The van der Waals surface area contributed by atoms with Gasteiger partial charge in [-0.2, -0.15) is 0 Å². The van der Waals surface area contributed by atoms with Gasteiger partial charge >= 0.3 is 18.3 Å². The van der Waals surface area contributed by atoms with Gasteiger partial charge in [-0.1, -0.05) is 60.7 Å². The molecule has 0 radical (unpaired) electrons. The van der Waals surface area contributed by atoms with Crippen LogP contribution < -0.4 is 16.8 Å². The fraction of sp³-hybridized carbons (Fsp3) is 0.148. The minimum absolute atomic E-state index is 0.0189. The number of carboxylic acid groups (broad SMARTS) is 1. The molecule has 0 fully saturated rings. The van der Waals surface area contributed by atoms with E-state index in [0.29, 0.717) is 11.1 Å². The third-order valence-corrected chi connectivity index (χ3v) is 5.74. The van der Waals surface area contributed by atoms with Crippen LogP contribution in [0, 0.1) is 0 Å². The Kier molecular flexibility index (Phi) is 8.11. The highest BCUT2D eigenvalue weighted by Gasteiger charge is 2.51. The van der Waals surface area contributed by atoms with E-state index >= 15 is 0 Å². The molecule has 2 atom stereocenters. The van der Waals surface area contributed by atoms with Crippen molar-refractivity contribution in [2.24, 2.45) is 11.5 Å². The predicted octanol–water partition coefficient (Wildman–Crippen LogP) is 4.36. The van der Waals surface area contributed by atoms with E-state index in [1.807, 2.05) is 0 Å². The Morgan fingerprint density at radius 2 is 1.47 bits per heavy atom. The first-order chi connectivity index (χ1) is 18.0. The molecule has 0 aliphatic heterocycles. The molecule has 6 N–H and O–H groups in total. The molecule has 0 saturated carbocycles. The number of hydrogen-bond donors (Lipinski definition) is 4. The minimum Gasteiger partial charge on any atom is -0.465 e. The molecular weight excluding hydrogens is 494 g/mol. The van der Waals surface area contributed by atoms with Crippen LogP contribution in [0.3, 0.4) is 0 Å². The molecule has 0 bridgehead atoms. The average molecular weight is 520 g/mol. The number of carbonyl (C=O) groups is 5. The third-order valence-electron chi connectivity index (χ3n) is 5.74. The van der Waals surface area contributed by atoms with Crippen molar-refractivity contribution in [3.63, 3.8) is 0 Å². The molecule has 11 nitrogen and oxygen atoms in total. The van der Waals surface area contributed by atoms with Crippen molar-refractivity contribution in [2.45, 2.75) is 25.6 Å². The van der Waals surface area contributed by atoms with Gasteiger partial charge < -0.3 is 26.0 Å². The molecule has 0 saturated heterocycles. The van der Waals surface area contributed by atoms with E-state index in [9.17, 15) is 24.0 Å². The SMILES string of the molecule is CC(=O)c1ccc(C(OC(N)=O)(c2ccc(NC(=O)O)cc2C(C)=O)C(OC(N)=O)c2ccccc2)cc1. The maximum absolute atomic E-state index is 12.9. The molecular formula is C27H25N3O8. The van der Waals surface area contributed by atoms with Crippen LogP contribution in [0.15, 0.2) is 72.8 Å². The summed E-state index contributed by atoms with van der Waals surface area (Å²) in [6.45, 7) is 2.59. The smallest absolute Gasteiger partial charge is 0.409 e. The second kappa shape index (κ2) is 11.2. The van der Waals surface area contributed by atoms with Gasteiger partial charge in [0.1, 0.15) is 0 Å². The van der Waals surface area contributed by atoms with Crippen LogP contribution in [-0.2, 0) is 15.1 Å². The Morgan fingerprint density at radius 1 is 0.842 bits per heavy atom. The van der Waals surface area contributed by atoms with Gasteiger partial charge in [0, 0.05) is 27.9 Å². The van der Waals surface area contributed by atoms with Crippen molar-refractivity contribution >= 4 is 35.5 Å². The summed E-state index contributed by atoms with van der Waals surface area (Å²) in [4.78, 5) is 60.6. The number of nitrogens with two attached hydrogens (primary N) is 2. The first-order valence-electron chi connectivity index (χ1n) is 11.2. The van der Waals surface area contributed by atoms with Crippen molar-refractivity contribution in [3.05, 3.63) is 101 Å². The number of ketones is 2.